The van der Waals surface area contributed by atoms with E-state index in [1.165, 1.54) is 28.8 Å². The zero-order chi connectivity index (χ0) is 20.4. The SMILES string of the molecule is COc1ccc(/C=C2\SC(=Nc3ccc(Cl)c(C(=O)O)c3)N(C)C2=O)cc1Br. The van der Waals surface area contributed by atoms with E-state index in [9.17, 15) is 14.7 Å². The van der Waals surface area contributed by atoms with Crippen LogP contribution in [0.5, 0.6) is 5.75 Å². The molecule has 0 bridgehead atoms. The average molecular weight is 482 g/mol. The molecule has 0 aromatic heterocycles. The molecule has 0 atom stereocenters. The number of hydrogen-bond donors (Lipinski definition) is 1. The number of amidine groups is 1. The highest BCUT2D eigenvalue weighted by Crippen LogP contribution is 2.35. The predicted octanol–water partition coefficient (Wildman–Crippen LogP) is 5.04. The van der Waals surface area contributed by atoms with Crippen LogP contribution in [0.2, 0.25) is 5.02 Å². The van der Waals surface area contributed by atoms with E-state index in [1.54, 1.807) is 32.4 Å². The van der Waals surface area contributed by atoms with E-state index >= 15 is 0 Å². The van der Waals surface area contributed by atoms with Gasteiger partial charge < -0.3 is 9.84 Å². The highest BCUT2D eigenvalue weighted by Gasteiger charge is 2.30. The minimum Gasteiger partial charge on any atom is -0.496 e. The molecule has 1 aliphatic rings. The van der Waals surface area contributed by atoms with Crippen molar-refractivity contribution in [2.45, 2.75) is 0 Å². The Kier molecular flexibility index (Phi) is 6.12. The number of rotatable bonds is 4. The summed E-state index contributed by atoms with van der Waals surface area (Å²) in [5.41, 5.74) is 1.19. The molecule has 1 heterocycles. The highest BCUT2D eigenvalue weighted by molar-refractivity contribution is 9.10. The summed E-state index contributed by atoms with van der Waals surface area (Å²) in [6, 6.07) is 9.95. The molecule has 0 saturated carbocycles. The van der Waals surface area contributed by atoms with Gasteiger partial charge in [-0.3, -0.25) is 9.69 Å². The van der Waals surface area contributed by atoms with Crippen molar-refractivity contribution in [1.29, 1.82) is 0 Å². The number of aliphatic imine (C=N–C) groups is 1. The second kappa shape index (κ2) is 8.38. The molecule has 3 rings (SSSR count). The normalized spacial score (nSPS) is 16.9. The van der Waals surface area contributed by atoms with Crippen LogP contribution in [0.15, 0.2) is 50.8 Å². The van der Waals surface area contributed by atoms with Crippen molar-refractivity contribution >= 4 is 68.1 Å². The number of carbonyl (C=O) groups is 2. The smallest absolute Gasteiger partial charge is 0.337 e. The molecule has 2 aromatic carbocycles. The van der Waals surface area contributed by atoms with E-state index in [0.717, 1.165) is 10.0 Å². The van der Waals surface area contributed by atoms with Crippen molar-refractivity contribution in [2.24, 2.45) is 4.99 Å². The van der Waals surface area contributed by atoms with Crippen LogP contribution in [0.1, 0.15) is 15.9 Å². The van der Waals surface area contributed by atoms with Crippen molar-refractivity contribution in [3.05, 3.63) is 61.9 Å². The standard InChI is InChI=1S/C19H14BrClN2O4S/c1-23-17(24)16(8-10-3-6-15(27-2)13(20)7-10)28-19(23)22-11-4-5-14(21)12(9-11)18(25)26/h3-9H,1-2H3,(H,25,26)/b16-8-,22-19?. The van der Waals surface area contributed by atoms with Crippen LogP contribution >= 0.6 is 39.3 Å². The number of aromatic carboxylic acids is 1. The first kappa shape index (κ1) is 20.4. The Morgan fingerprint density at radius 3 is 2.71 bits per heavy atom. The summed E-state index contributed by atoms with van der Waals surface area (Å²) < 4.78 is 5.99. The van der Waals surface area contributed by atoms with Gasteiger partial charge in [-0.25, -0.2) is 9.79 Å². The van der Waals surface area contributed by atoms with E-state index in [1.807, 2.05) is 12.1 Å². The van der Waals surface area contributed by atoms with Gasteiger partial charge in [0.05, 0.1) is 32.8 Å². The Morgan fingerprint density at radius 2 is 2.07 bits per heavy atom. The number of thioether (sulfide) groups is 1. The molecule has 2 aromatic rings. The number of likely N-dealkylation sites (N-methyl/N-ethyl adjacent to an activating group) is 1. The van der Waals surface area contributed by atoms with Crippen molar-refractivity contribution in [2.75, 3.05) is 14.2 Å². The summed E-state index contributed by atoms with van der Waals surface area (Å²) in [6.07, 6.45) is 1.76. The number of hydrogen-bond acceptors (Lipinski definition) is 5. The lowest BCUT2D eigenvalue weighted by Crippen LogP contribution is -2.23. The van der Waals surface area contributed by atoms with Crippen LogP contribution in [0.4, 0.5) is 5.69 Å². The Bertz CT molecular complexity index is 1040. The summed E-state index contributed by atoms with van der Waals surface area (Å²) in [4.78, 5) is 30.1. The van der Waals surface area contributed by atoms with Gasteiger partial charge in [0.25, 0.3) is 5.91 Å². The first-order valence-corrected chi connectivity index (χ1v) is 9.91. The predicted molar refractivity (Wildman–Crippen MR) is 115 cm³/mol. The Balaban J connectivity index is 1.91. The second-order valence-electron chi connectivity index (χ2n) is 5.73. The van der Waals surface area contributed by atoms with Crippen molar-refractivity contribution in [1.82, 2.24) is 4.90 Å². The summed E-state index contributed by atoms with van der Waals surface area (Å²) in [5, 5.41) is 9.76. The van der Waals surface area contributed by atoms with Gasteiger partial charge in [-0.1, -0.05) is 17.7 Å². The Hall–Kier alpha value is -2.29. The fourth-order valence-electron chi connectivity index (χ4n) is 2.43. The van der Waals surface area contributed by atoms with Gasteiger partial charge in [0.15, 0.2) is 5.17 Å². The molecule has 1 fully saturated rings. The lowest BCUT2D eigenvalue weighted by Gasteiger charge is -2.07. The topological polar surface area (TPSA) is 79.2 Å². The fourth-order valence-corrected chi connectivity index (χ4v) is 4.18. The van der Waals surface area contributed by atoms with E-state index in [2.05, 4.69) is 20.9 Å². The van der Waals surface area contributed by atoms with Crippen molar-refractivity contribution in [3.63, 3.8) is 0 Å². The lowest BCUT2D eigenvalue weighted by molar-refractivity contribution is -0.121. The van der Waals surface area contributed by atoms with Crippen LogP contribution in [0.3, 0.4) is 0 Å². The third-order valence-electron chi connectivity index (χ3n) is 3.88. The molecule has 144 valence electrons. The first-order valence-electron chi connectivity index (χ1n) is 7.93. The van der Waals surface area contributed by atoms with Gasteiger partial charge in [-0.15, -0.1) is 0 Å². The Morgan fingerprint density at radius 1 is 1.32 bits per heavy atom. The minimum atomic E-state index is -1.14. The maximum absolute atomic E-state index is 12.6. The summed E-state index contributed by atoms with van der Waals surface area (Å²) in [6.45, 7) is 0. The van der Waals surface area contributed by atoms with Gasteiger partial charge in [0.1, 0.15) is 5.75 Å². The number of benzene rings is 2. The quantitative estimate of drug-likeness (QED) is 0.619. The number of carboxylic acid groups (broad SMARTS) is 1. The summed E-state index contributed by atoms with van der Waals surface area (Å²) >= 11 is 10.5. The molecule has 1 saturated heterocycles. The monoisotopic (exact) mass is 480 g/mol. The number of amides is 1. The van der Waals surface area contributed by atoms with Crippen LogP contribution < -0.4 is 4.74 Å². The number of carboxylic acids is 1. The number of carbonyl (C=O) groups excluding carboxylic acids is 1. The van der Waals surface area contributed by atoms with Gasteiger partial charge in [-0.2, -0.15) is 0 Å². The second-order valence-corrected chi connectivity index (χ2v) is 8.00. The van der Waals surface area contributed by atoms with Crippen LogP contribution in [-0.2, 0) is 4.79 Å². The van der Waals surface area contributed by atoms with E-state index < -0.39 is 5.97 Å². The molecule has 1 N–H and O–H groups in total. The molecule has 0 radical (unpaired) electrons. The molecular weight excluding hydrogens is 468 g/mol. The molecule has 1 aliphatic heterocycles. The maximum atomic E-state index is 12.6. The number of halogens is 2. The lowest BCUT2D eigenvalue weighted by atomic mass is 10.2. The number of methoxy groups -OCH3 is 1. The van der Waals surface area contributed by atoms with Crippen molar-refractivity contribution < 1.29 is 19.4 Å². The molecule has 9 heteroatoms. The highest BCUT2D eigenvalue weighted by atomic mass is 79.9. The van der Waals surface area contributed by atoms with E-state index in [-0.39, 0.29) is 16.5 Å². The third kappa shape index (κ3) is 4.24. The average Bonchev–Trinajstić information content (AvgIpc) is 2.91. The zero-order valence-electron chi connectivity index (χ0n) is 14.8. The minimum absolute atomic E-state index is 0.0423. The third-order valence-corrected chi connectivity index (χ3v) is 5.89. The van der Waals surface area contributed by atoms with Gasteiger partial charge in [0.2, 0.25) is 0 Å². The maximum Gasteiger partial charge on any atom is 0.337 e. The first-order chi connectivity index (χ1) is 13.3. The van der Waals surface area contributed by atoms with Crippen molar-refractivity contribution in [3.8, 4) is 5.75 Å². The molecule has 28 heavy (non-hydrogen) atoms. The largest absolute Gasteiger partial charge is 0.496 e. The number of ether oxygens (including phenoxy) is 1. The van der Waals surface area contributed by atoms with Gasteiger partial charge in [0, 0.05) is 7.05 Å². The van der Waals surface area contributed by atoms with E-state index in [4.69, 9.17) is 16.3 Å². The molecule has 0 aliphatic carbocycles. The Labute approximate surface area is 179 Å². The van der Waals surface area contributed by atoms with Crippen LogP contribution in [0.25, 0.3) is 6.08 Å². The zero-order valence-corrected chi connectivity index (χ0v) is 17.9. The molecule has 0 unspecified atom stereocenters. The molecular formula is C19H14BrClN2O4S. The van der Waals surface area contributed by atoms with E-state index in [0.29, 0.717) is 21.5 Å². The molecule has 6 nitrogen and oxygen atoms in total. The van der Waals surface area contributed by atoms with Gasteiger partial charge in [-0.05, 0) is 69.7 Å². The summed E-state index contributed by atoms with van der Waals surface area (Å²) in [7, 11) is 3.20. The van der Waals surface area contributed by atoms with Crippen LogP contribution in [0, 0.1) is 0 Å². The van der Waals surface area contributed by atoms with Crippen LogP contribution in [-0.4, -0.2) is 41.2 Å². The fraction of sp³-hybridized carbons (Fsp3) is 0.105. The summed E-state index contributed by atoms with van der Waals surface area (Å²) in [5.74, 6) is -0.631. The molecule has 0 spiro atoms. The number of nitrogens with zero attached hydrogens (tertiary/aromatic N) is 2. The molecule has 1 amide bonds. The van der Waals surface area contributed by atoms with Gasteiger partial charge >= 0.3 is 5.97 Å².